The minimum absolute atomic E-state index is 0.0954. The highest BCUT2D eigenvalue weighted by molar-refractivity contribution is 6.02. The Labute approximate surface area is 208 Å². The van der Waals surface area contributed by atoms with Crippen molar-refractivity contribution in [1.82, 2.24) is 29.6 Å². The fraction of sp³-hybridized carbons (Fsp3) is 0.440. The fourth-order valence-electron chi connectivity index (χ4n) is 4.46. The summed E-state index contributed by atoms with van der Waals surface area (Å²) in [5, 5.41) is 21.2. The van der Waals surface area contributed by atoms with Gasteiger partial charge in [0.2, 0.25) is 0 Å². The summed E-state index contributed by atoms with van der Waals surface area (Å²) in [5.41, 5.74) is 1.57. The number of ether oxygens (including phenoxy) is 1. The van der Waals surface area contributed by atoms with E-state index in [2.05, 4.69) is 37.0 Å². The van der Waals surface area contributed by atoms with Gasteiger partial charge in [0.1, 0.15) is 29.6 Å². The number of aromatic nitrogens is 5. The van der Waals surface area contributed by atoms with Crippen LogP contribution >= 0.6 is 0 Å². The van der Waals surface area contributed by atoms with E-state index >= 15 is 0 Å². The topological polar surface area (TPSA) is 135 Å². The van der Waals surface area contributed by atoms with Crippen molar-refractivity contribution < 1.29 is 19.4 Å². The predicted octanol–water partition coefficient (Wildman–Crippen LogP) is 2.76. The summed E-state index contributed by atoms with van der Waals surface area (Å²) in [6.07, 6.45) is 3.69. The number of nitrogens with one attached hydrogen (secondary N) is 1. The summed E-state index contributed by atoms with van der Waals surface area (Å²) in [4.78, 5) is 35.9. The Hall–Kier alpha value is -3.86. The molecule has 5 heterocycles. The van der Waals surface area contributed by atoms with Crippen LogP contribution in [0.4, 0.5) is 10.6 Å². The van der Waals surface area contributed by atoms with Crippen molar-refractivity contribution in [2.75, 3.05) is 18.5 Å². The maximum Gasteiger partial charge on any atom is 0.410 e. The zero-order chi connectivity index (χ0) is 25.4. The lowest BCUT2D eigenvalue weighted by Crippen LogP contribution is -2.39. The van der Waals surface area contributed by atoms with Gasteiger partial charge in [-0.25, -0.2) is 9.78 Å². The van der Waals surface area contributed by atoms with Crippen LogP contribution in [0.1, 0.15) is 60.7 Å². The van der Waals surface area contributed by atoms with Crippen LogP contribution in [-0.4, -0.2) is 65.5 Å². The van der Waals surface area contributed by atoms with Crippen LogP contribution < -0.4 is 5.32 Å². The van der Waals surface area contributed by atoms with Crippen molar-refractivity contribution >= 4 is 17.8 Å². The number of aryl methyl sites for hydroxylation is 1. The average molecular weight is 492 g/mol. The third-order valence-electron chi connectivity index (χ3n) is 6.35. The summed E-state index contributed by atoms with van der Waals surface area (Å²) < 4.78 is 7.31. The highest BCUT2D eigenvalue weighted by Crippen LogP contribution is 2.30. The molecular formula is C25H29N7O4. The first kappa shape index (κ1) is 23.9. The molecular weight excluding hydrogens is 462 g/mol. The van der Waals surface area contributed by atoms with E-state index in [4.69, 9.17) is 4.74 Å². The molecule has 3 aromatic rings. The molecule has 188 valence electrons. The molecule has 0 bridgehead atoms. The van der Waals surface area contributed by atoms with Crippen LogP contribution in [0.2, 0.25) is 0 Å². The van der Waals surface area contributed by atoms with Crippen LogP contribution in [0.3, 0.4) is 0 Å². The molecule has 0 saturated carbocycles. The summed E-state index contributed by atoms with van der Waals surface area (Å²) >= 11 is 0. The van der Waals surface area contributed by atoms with E-state index in [0.717, 1.165) is 29.8 Å². The van der Waals surface area contributed by atoms with Gasteiger partial charge in [-0.1, -0.05) is 6.07 Å². The van der Waals surface area contributed by atoms with E-state index in [-0.39, 0.29) is 12.3 Å². The smallest absolute Gasteiger partial charge is 0.410 e. The summed E-state index contributed by atoms with van der Waals surface area (Å²) in [7, 11) is 0. The third kappa shape index (κ3) is 4.92. The average Bonchev–Trinajstić information content (AvgIpc) is 3.44. The number of rotatable bonds is 5. The van der Waals surface area contributed by atoms with Crippen molar-refractivity contribution in [2.24, 2.45) is 0 Å². The van der Waals surface area contributed by atoms with Gasteiger partial charge in [0, 0.05) is 31.7 Å². The molecule has 0 unspecified atom stereocenters. The molecule has 36 heavy (non-hydrogen) atoms. The zero-order valence-electron chi connectivity index (χ0n) is 20.6. The van der Waals surface area contributed by atoms with E-state index in [0.29, 0.717) is 42.9 Å². The molecule has 2 N–H and O–H groups in total. The number of carbonyl (C=O) groups excluding carboxylic acids is 2. The Morgan fingerprint density at radius 2 is 2.06 bits per heavy atom. The van der Waals surface area contributed by atoms with Crippen LogP contribution in [0.5, 0.6) is 0 Å². The maximum atomic E-state index is 13.0. The van der Waals surface area contributed by atoms with E-state index < -0.39 is 17.6 Å². The Morgan fingerprint density at radius 1 is 1.22 bits per heavy atom. The second kappa shape index (κ2) is 9.30. The van der Waals surface area contributed by atoms with Crippen molar-refractivity contribution in [1.29, 1.82) is 0 Å². The maximum absolute atomic E-state index is 13.0. The normalized spacial score (nSPS) is 16.9. The lowest BCUT2D eigenvalue weighted by Gasteiger charge is -2.29. The molecule has 2 aliphatic heterocycles. The Morgan fingerprint density at radius 3 is 2.86 bits per heavy atom. The van der Waals surface area contributed by atoms with Crippen molar-refractivity contribution in [3.63, 3.8) is 0 Å². The number of nitrogens with zero attached hydrogens (tertiary/aromatic N) is 6. The van der Waals surface area contributed by atoms with Gasteiger partial charge >= 0.3 is 6.09 Å². The summed E-state index contributed by atoms with van der Waals surface area (Å²) in [5.74, 6) is 1.63. The predicted molar refractivity (Wildman–Crippen MR) is 130 cm³/mol. The summed E-state index contributed by atoms with van der Waals surface area (Å²) in [6.45, 7) is 5.96. The van der Waals surface area contributed by atoms with E-state index in [1.807, 2.05) is 12.1 Å². The standard InChI is InChI=1S/C25H29N7O4/c1-15-7-8-21-29-30-22(32(15)21)18-5-4-6-20(27-18)28-23(33)19-11-17-13-31(10-9-16(17)12-26-19)24(34)36-14-25(2,3)35/h4-6,11-12,15,35H,7-10,13-14H2,1-3H3,(H,27,28,33)/t15-/m0/s1. The largest absolute Gasteiger partial charge is 0.446 e. The van der Waals surface area contributed by atoms with Gasteiger partial charge in [-0.05, 0) is 62.9 Å². The van der Waals surface area contributed by atoms with Crippen molar-refractivity contribution in [2.45, 2.75) is 58.2 Å². The van der Waals surface area contributed by atoms with Gasteiger partial charge in [-0.2, -0.15) is 0 Å². The number of amides is 2. The molecule has 0 spiro atoms. The van der Waals surface area contributed by atoms with Gasteiger partial charge in [0.15, 0.2) is 5.82 Å². The van der Waals surface area contributed by atoms with Gasteiger partial charge in [0.05, 0.1) is 5.60 Å². The number of fused-ring (bicyclic) bond motifs is 2. The molecule has 11 heteroatoms. The van der Waals surface area contributed by atoms with Crippen LogP contribution in [0.15, 0.2) is 30.5 Å². The quantitative estimate of drug-likeness (QED) is 0.556. The first-order valence-corrected chi connectivity index (χ1v) is 12.0. The highest BCUT2D eigenvalue weighted by Gasteiger charge is 2.27. The van der Waals surface area contributed by atoms with E-state index in [9.17, 15) is 14.7 Å². The first-order valence-electron chi connectivity index (χ1n) is 12.0. The second-order valence-corrected chi connectivity index (χ2v) is 9.94. The molecule has 0 saturated heterocycles. The number of anilines is 1. The minimum atomic E-state index is -1.10. The van der Waals surface area contributed by atoms with Crippen LogP contribution in [0, 0.1) is 0 Å². The number of hydrogen-bond acceptors (Lipinski definition) is 8. The Kier molecular flexibility index (Phi) is 6.17. The van der Waals surface area contributed by atoms with Crippen LogP contribution in [-0.2, 0) is 24.1 Å². The number of hydrogen-bond donors (Lipinski definition) is 2. The molecule has 0 radical (unpaired) electrons. The second-order valence-electron chi connectivity index (χ2n) is 9.94. The van der Waals surface area contributed by atoms with Gasteiger partial charge in [-0.3, -0.25) is 9.78 Å². The van der Waals surface area contributed by atoms with Crippen molar-refractivity contribution in [3.05, 3.63) is 53.1 Å². The van der Waals surface area contributed by atoms with Gasteiger partial charge in [0.25, 0.3) is 5.91 Å². The number of pyridine rings is 2. The first-order chi connectivity index (χ1) is 17.2. The minimum Gasteiger partial charge on any atom is -0.446 e. The molecule has 2 amide bonds. The SMILES string of the molecule is C[C@H]1CCc2nnc(-c3cccc(NC(=O)c4cc5c(cn4)CCN(C(=O)OCC(C)(C)O)C5)n3)n21. The lowest BCUT2D eigenvalue weighted by atomic mass is 10.0. The zero-order valence-corrected chi connectivity index (χ0v) is 20.6. The van der Waals surface area contributed by atoms with Crippen LogP contribution in [0.25, 0.3) is 11.5 Å². The molecule has 1 atom stereocenters. The monoisotopic (exact) mass is 491 g/mol. The van der Waals surface area contributed by atoms with Gasteiger partial charge < -0.3 is 24.6 Å². The summed E-state index contributed by atoms with van der Waals surface area (Å²) in [6, 6.07) is 7.37. The molecule has 0 aromatic carbocycles. The van der Waals surface area contributed by atoms with Gasteiger partial charge in [-0.15, -0.1) is 10.2 Å². The van der Waals surface area contributed by atoms with E-state index in [1.165, 1.54) is 0 Å². The molecule has 3 aromatic heterocycles. The Balaban J connectivity index is 1.29. The number of carbonyl (C=O) groups is 2. The number of aliphatic hydroxyl groups is 1. The van der Waals surface area contributed by atoms with Crippen molar-refractivity contribution in [3.8, 4) is 11.5 Å². The molecule has 5 rings (SSSR count). The highest BCUT2D eigenvalue weighted by atomic mass is 16.6. The third-order valence-corrected chi connectivity index (χ3v) is 6.35. The van der Waals surface area contributed by atoms with E-state index in [1.54, 1.807) is 37.1 Å². The lowest BCUT2D eigenvalue weighted by molar-refractivity contribution is -0.00487. The Bertz CT molecular complexity index is 1310. The fourth-order valence-corrected chi connectivity index (χ4v) is 4.46. The molecule has 0 aliphatic carbocycles. The molecule has 0 fully saturated rings. The molecule has 11 nitrogen and oxygen atoms in total. The molecule has 2 aliphatic rings.